The van der Waals surface area contributed by atoms with Gasteiger partial charge >= 0.3 is 0 Å². The van der Waals surface area contributed by atoms with E-state index in [4.69, 9.17) is 11.6 Å². The first kappa shape index (κ1) is 27.7. The van der Waals surface area contributed by atoms with Crippen LogP contribution in [0.3, 0.4) is 0 Å². The number of hydrogen-bond acceptors (Lipinski definition) is 4. The third-order valence-corrected chi connectivity index (χ3v) is 6.83. The number of amides is 2. The van der Waals surface area contributed by atoms with Crippen molar-refractivity contribution in [2.75, 3.05) is 17.1 Å². The molecule has 0 aliphatic carbocycles. The summed E-state index contributed by atoms with van der Waals surface area (Å²) in [6.45, 7) is 7.68. The largest absolute Gasteiger partial charge is 0.352 e. The quantitative estimate of drug-likeness (QED) is 0.495. The number of hydrogen-bond donors (Lipinski definition) is 1. The molecular formula is C25H34ClN3O4S. The summed E-state index contributed by atoms with van der Waals surface area (Å²) in [5.74, 6) is -0.463. The van der Waals surface area contributed by atoms with Crippen LogP contribution in [0.4, 0.5) is 5.69 Å². The molecule has 0 bridgehead atoms. The van der Waals surface area contributed by atoms with E-state index in [1.54, 1.807) is 31.2 Å². The van der Waals surface area contributed by atoms with Crippen molar-refractivity contribution in [2.45, 2.75) is 59.2 Å². The Kier molecular flexibility index (Phi) is 9.94. The van der Waals surface area contributed by atoms with Gasteiger partial charge in [0.2, 0.25) is 21.8 Å². The van der Waals surface area contributed by atoms with Crippen LogP contribution in [0, 0.1) is 6.92 Å². The molecule has 2 rings (SSSR count). The van der Waals surface area contributed by atoms with Crippen molar-refractivity contribution < 1.29 is 18.0 Å². The van der Waals surface area contributed by atoms with Gasteiger partial charge in [-0.3, -0.25) is 13.9 Å². The van der Waals surface area contributed by atoms with E-state index in [1.165, 1.54) is 9.21 Å². The lowest BCUT2D eigenvalue weighted by molar-refractivity contribution is -0.140. The smallest absolute Gasteiger partial charge is 0.242 e. The number of anilines is 1. The molecule has 0 saturated carbocycles. The molecule has 34 heavy (non-hydrogen) atoms. The van der Waals surface area contributed by atoms with Crippen LogP contribution in [0.5, 0.6) is 0 Å². The van der Waals surface area contributed by atoms with Gasteiger partial charge in [-0.2, -0.15) is 0 Å². The first-order valence-electron chi connectivity index (χ1n) is 11.3. The summed E-state index contributed by atoms with van der Waals surface area (Å²) < 4.78 is 26.2. The van der Waals surface area contributed by atoms with E-state index in [0.717, 1.165) is 17.4 Å². The molecule has 9 heteroatoms. The molecule has 2 aromatic rings. The third kappa shape index (κ3) is 8.02. The Morgan fingerprint density at radius 3 is 2.21 bits per heavy atom. The second-order valence-corrected chi connectivity index (χ2v) is 11.1. The van der Waals surface area contributed by atoms with Crippen molar-refractivity contribution in [1.29, 1.82) is 0 Å². The van der Waals surface area contributed by atoms with Crippen LogP contribution >= 0.6 is 11.6 Å². The van der Waals surface area contributed by atoms with Crippen LogP contribution in [-0.4, -0.2) is 50.0 Å². The fourth-order valence-electron chi connectivity index (χ4n) is 3.60. The van der Waals surface area contributed by atoms with Crippen LogP contribution in [0.1, 0.15) is 44.7 Å². The monoisotopic (exact) mass is 507 g/mol. The maximum absolute atomic E-state index is 13.2. The number of benzene rings is 2. The van der Waals surface area contributed by atoms with E-state index in [1.807, 2.05) is 45.0 Å². The van der Waals surface area contributed by atoms with Gasteiger partial charge in [-0.25, -0.2) is 8.42 Å². The standard InChI is InChI=1S/C25H34ClN3O4S/c1-18(2)27-25(31)20(4)28(17-21-12-14-22(26)15-13-21)24(30)11-8-16-29(34(5,32)33)23-10-7-6-9-19(23)3/h6-7,9-10,12-15,18,20H,8,11,16-17H2,1-5H3,(H,27,31)/t20-/m1/s1. The van der Waals surface area contributed by atoms with Gasteiger partial charge in [0.1, 0.15) is 6.04 Å². The highest BCUT2D eigenvalue weighted by molar-refractivity contribution is 7.92. The lowest BCUT2D eigenvalue weighted by atomic mass is 10.1. The molecule has 0 saturated heterocycles. The maximum Gasteiger partial charge on any atom is 0.242 e. The summed E-state index contributed by atoms with van der Waals surface area (Å²) in [5.41, 5.74) is 2.28. The van der Waals surface area contributed by atoms with Gasteiger partial charge in [-0.1, -0.05) is 41.9 Å². The minimum Gasteiger partial charge on any atom is -0.352 e. The van der Waals surface area contributed by atoms with Gasteiger partial charge in [-0.15, -0.1) is 0 Å². The number of halogens is 1. The molecule has 0 heterocycles. The molecule has 0 unspecified atom stereocenters. The highest BCUT2D eigenvalue weighted by Crippen LogP contribution is 2.23. The Bertz CT molecular complexity index is 1090. The Labute approximate surface area is 208 Å². The number of rotatable bonds is 11. The van der Waals surface area contributed by atoms with Crippen molar-refractivity contribution in [2.24, 2.45) is 0 Å². The Balaban J connectivity index is 2.17. The normalized spacial score (nSPS) is 12.3. The van der Waals surface area contributed by atoms with Crippen molar-refractivity contribution >= 4 is 39.1 Å². The molecule has 0 aliphatic heterocycles. The third-order valence-electron chi connectivity index (χ3n) is 5.40. The average molecular weight is 508 g/mol. The zero-order chi connectivity index (χ0) is 25.5. The molecule has 0 aromatic heterocycles. The fourth-order valence-corrected chi connectivity index (χ4v) is 4.75. The summed E-state index contributed by atoms with van der Waals surface area (Å²) in [6.07, 6.45) is 1.58. The molecule has 0 fully saturated rings. The summed E-state index contributed by atoms with van der Waals surface area (Å²) in [7, 11) is -3.52. The van der Waals surface area contributed by atoms with Gasteiger partial charge < -0.3 is 10.2 Å². The topological polar surface area (TPSA) is 86.8 Å². The second kappa shape index (κ2) is 12.2. The first-order valence-corrected chi connectivity index (χ1v) is 13.5. The van der Waals surface area contributed by atoms with E-state index < -0.39 is 16.1 Å². The van der Waals surface area contributed by atoms with E-state index in [0.29, 0.717) is 17.1 Å². The minimum absolute atomic E-state index is 0.0557. The molecule has 0 spiro atoms. The zero-order valence-electron chi connectivity index (χ0n) is 20.4. The number of carbonyl (C=O) groups excluding carboxylic acids is 2. The van der Waals surface area contributed by atoms with Crippen LogP contribution in [0.25, 0.3) is 0 Å². The van der Waals surface area contributed by atoms with E-state index >= 15 is 0 Å². The molecule has 2 aromatic carbocycles. The van der Waals surface area contributed by atoms with E-state index in [9.17, 15) is 18.0 Å². The van der Waals surface area contributed by atoms with Crippen molar-refractivity contribution in [3.63, 3.8) is 0 Å². The predicted octanol–water partition coefficient (Wildman–Crippen LogP) is 4.14. The predicted molar refractivity (Wildman–Crippen MR) is 137 cm³/mol. The number of nitrogens with zero attached hydrogens (tertiary/aromatic N) is 2. The Hall–Kier alpha value is -2.58. The van der Waals surface area contributed by atoms with Gasteiger partial charge in [0.15, 0.2) is 0 Å². The van der Waals surface area contributed by atoms with Gasteiger partial charge in [0.05, 0.1) is 11.9 Å². The molecule has 186 valence electrons. The summed E-state index contributed by atoms with van der Waals surface area (Å²) in [6, 6.07) is 13.6. The summed E-state index contributed by atoms with van der Waals surface area (Å²) >= 11 is 5.98. The lowest BCUT2D eigenvalue weighted by Gasteiger charge is -2.30. The molecule has 2 amide bonds. The van der Waals surface area contributed by atoms with Crippen molar-refractivity contribution in [3.8, 4) is 0 Å². The van der Waals surface area contributed by atoms with Crippen LogP contribution in [-0.2, 0) is 26.2 Å². The highest BCUT2D eigenvalue weighted by Gasteiger charge is 2.27. The van der Waals surface area contributed by atoms with Crippen molar-refractivity contribution in [1.82, 2.24) is 10.2 Å². The summed E-state index contributed by atoms with van der Waals surface area (Å²) in [5, 5.41) is 3.44. The molecule has 1 N–H and O–H groups in total. The van der Waals surface area contributed by atoms with E-state index in [-0.39, 0.29) is 37.4 Å². The number of sulfonamides is 1. The highest BCUT2D eigenvalue weighted by atomic mass is 35.5. The fraction of sp³-hybridized carbons (Fsp3) is 0.440. The molecule has 7 nitrogen and oxygen atoms in total. The lowest BCUT2D eigenvalue weighted by Crippen LogP contribution is -2.49. The SMILES string of the molecule is Cc1ccccc1N(CCCC(=O)N(Cc1ccc(Cl)cc1)[C@H](C)C(=O)NC(C)C)S(C)(=O)=O. The summed E-state index contributed by atoms with van der Waals surface area (Å²) in [4.78, 5) is 27.4. The molecule has 1 atom stereocenters. The van der Waals surface area contributed by atoms with Gasteiger partial charge in [0.25, 0.3) is 0 Å². The van der Waals surface area contributed by atoms with Crippen LogP contribution in [0.2, 0.25) is 5.02 Å². The maximum atomic E-state index is 13.2. The Morgan fingerprint density at radius 1 is 1.03 bits per heavy atom. The first-order chi connectivity index (χ1) is 15.9. The molecular weight excluding hydrogens is 474 g/mol. The second-order valence-electron chi connectivity index (χ2n) is 8.71. The van der Waals surface area contributed by atoms with Crippen LogP contribution in [0.15, 0.2) is 48.5 Å². The number of aryl methyl sites for hydroxylation is 1. The number of para-hydroxylation sites is 1. The van der Waals surface area contributed by atoms with Crippen LogP contribution < -0.4 is 9.62 Å². The van der Waals surface area contributed by atoms with E-state index in [2.05, 4.69) is 5.32 Å². The molecule has 0 aliphatic rings. The van der Waals surface area contributed by atoms with Gasteiger partial charge in [0, 0.05) is 30.6 Å². The Morgan fingerprint density at radius 2 is 1.65 bits per heavy atom. The minimum atomic E-state index is -3.52. The molecule has 0 radical (unpaired) electrons. The van der Waals surface area contributed by atoms with Gasteiger partial charge in [-0.05, 0) is 63.4 Å². The zero-order valence-corrected chi connectivity index (χ0v) is 22.0. The number of nitrogens with one attached hydrogen (secondary N) is 1. The number of carbonyl (C=O) groups is 2. The average Bonchev–Trinajstić information content (AvgIpc) is 2.75. The van der Waals surface area contributed by atoms with Crippen molar-refractivity contribution in [3.05, 3.63) is 64.7 Å².